The molecule has 3 fully saturated rings. The van der Waals surface area contributed by atoms with E-state index >= 15 is 0 Å². The molecule has 0 radical (unpaired) electrons. The summed E-state index contributed by atoms with van der Waals surface area (Å²) in [7, 11) is 1.68. The molecular formula is C28H35N5O4. The Kier molecular flexibility index (Phi) is 7.83. The van der Waals surface area contributed by atoms with Gasteiger partial charge >= 0.3 is 0 Å². The summed E-state index contributed by atoms with van der Waals surface area (Å²) in [5.41, 5.74) is 4.84. The van der Waals surface area contributed by atoms with E-state index in [-0.39, 0.29) is 35.6 Å². The summed E-state index contributed by atoms with van der Waals surface area (Å²) in [6.07, 6.45) is 0.846. The second kappa shape index (κ2) is 11.4. The third-order valence-electron chi connectivity index (χ3n) is 7.65. The number of amides is 3. The van der Waals surface area contributed by atoms with E-state index in [0.717, 1.165) is 18.7 Å². The van der Waals surface area contributed by atoms with Crippen molar-refractivity contribution in [2.24, 2.45) is 11.8 Å². The number of piperidine rings is 1. The first-order valence-electron chi connectivity index (χ1n) is 13.1. The molecule has 0 saturated carbocycles. The quantitative estimate of drug-likeness (QED) is 0.574. The van der Waals surface area contributed by atoms with Gasteiger partial charge in [0.2, 0.25) is 11.8 Å². The van der Waals surface area contributed by atoms with Crippen LogP contribution in [0, 0.1) is 11.8 Å². The molecule has 0 aliphatic carbocycles. The summed E-state index contributed by atoms with van der Waals surface area (Å²) >= 11 is 0. The minimum Gasteiger partial charge on any atom is -0.385 e. The van der Waals surface area contributed by atoms with Crippen LogP contribution in [0.15, 0.2) is 60.7 Å². The Morgan fingerprint density at radius 2 is 1.57 bits per heavy atom. The molecule has 196 valence electrons. The Balaban J connectivity index is 1.29. The van der Waals surface area contributed by atoms with Gasteiger partial charge in [0.25, 0.3) is 5.91 Å². The van der Waals surface area contributed by atoms with Crippen LogP contribution in [0.25, 0.3) is 0 Å². The number of rotatable bonds is 7. The largest absolute Gasteiger partial charge is 0.385 e. The van der Waals surface area contributed by atoms with Crippen molar-refractivity contribution in [1.29, 1.82) is 0 Å². The number of benzene rings is 2. The van der Waals surface area contributed by atoms with E-state index in [1.54, 1.807) is 12.1 Å². The first-order chi connectivity index (χ1) is 18.1. The fraction of sp³-hybridized carbons (Fsp3) is 0.464. The number of methoxy groups -OCH3 is 1. The minimum atomic E-state index is -0.352. The molecule has 3 atom stereocenters. The van der Waals surface area contributed by atoms with E-state index in [4.69, 9.17) is 4.74 Å². The lowest BCUT2D eigenvalue weighted by Crippen LogP contribution is -2.60. The first-order valence-corrected chi connectivity index (χ1v) is 13.1. The van der Waals surface area contributed by atoms with E-state index in [1.807, 2.05) is 70.5 Å². The van der Waals surface area contributed by atoms with Crippen LogP contribution in [0.4, 0.5) is 5.69 Å². The summed E-state index contributed by atoms with van der Waals surface area (Å²) in [5, 5.41) is 1.62. The molecule has 9 heteroatoms. The van der Waals surface area contributed by atoms with Gasteiger partial charge in [-0.1, -0.05) is 36.4 Å². The summed E-state index contributed by atoms with van der Waals surface area (Å²) in [5.74, 6) is -0.602. The zero-order valence-electron chi connectivity index (χ0n) is 21.3. The topological polar surface area (TPSA) is 85.4 Å². The van der Waals surface area contributed by atoms with Gasteiger partial charge in [0.1, 0.15) is 0 Å². The van der Waals surface area contributed by atoms with Crippen LogP contribution in [-0.2, 0) is 14.3 Å². The number of nitrogens with zero attached hydrogens (tertiary/aromatic N) is 4. The van der Waals surface area contributed by atoms with Gasteiger partial charge in [-0.2, -0.15) is 0 Å². The number of piperazine rings is 1. The average molecular weight is 506 g/mol. The van der Waals surface area contributed by atoms with Crippen LogP contribution < -0.4 is 10.4 Å². The average Bonchev–Trinajstić information content (AvgIpc) is 3.29. The Morgan fingerprint density at radius 1 is 0.919 bits per heavy atom. The smallest absolute Gasteiger partial charge is 0.253 e. The zero-order valence-corrected chi connectivity index (χ0v) is 21.3. The van der Waals surface area contributed by atoms with Crippen LogP contribution in [0.5, 0.6) is 0 Å². The fourth-order valence-electron chi connectivity index (χ4n) is 5.68. The second-order valence-electron chi connectivity index (χ2n) is 9.97. The number of ether oxygens (including phenoxy) is 1. The second-order valence-corrected chi connectivity index (χ2v) is 9.97. The summed E-state index contributed by atoms with van der Waals surface area (Å²) in [4.78, 5) is 46.1. The summed E-state index contributed by atoms with van der Waals surface area (Å²) in [6.45, 7) is 4.61. The highest BCUT2D eigenvalue weighted by atomic mass is 16.5. The first kappa shape index (κ1) is 25.4. The highest BCUT2D eigenvalue weighted by Gasteiger charge is 2.51. The highest BCUT2D eigenvalue weighted by Crippen LogP contribution is 2.33. The number of nitrogens with one attached hydrogen (secondary N) is 1. The number of anilines is 1. The third-order valence-corrected chi connectivity index (χ3v) is 7.65. The maximum Gasteiger partial charge on any atom is 0.253 e. The predicted molar refractivity (Wildman–Crippen MR) is 140 cm³/mol. The number of hydrogen-bond donors (Lipinski definition) is 1. The SMILES string of the molecule is COCCCN1CC(C(=O)N2CCN(C(=O)c3ccccc3)CC2)C2NN(c3ccccc3)C(=O)C2C1. The number of para-hydroxylation sites is 1. The van der Waals surface area contributed by atoms with Gasteiger partial charge in [0.05, 0.1) is 23.6 Å². The van der Waals surface area contributed by atoms with Gasteiger partial charge in [-0.15, -0.1) is 0 Å². The molecule has 3 heterocycles. The Morgan fingerprint density at radius 3 is 2.24 bits per heavy atom. The molecule has 2 aromatic rings. The highest BCUT2D eigenvalue weighted by molar-refractivity contribution is 5.98. The molecular weight excluding hydrogens is 470 g/mol. The summed E-state index contributed by atoms with van der Waals surface area (Å²) in [6, 6.07) is 18.5. The van der Waals surface area contributed by atoms with E-state index in [9.17, 15) is 14.4 Å². The van der Waals surface area contributed by atoms with Crippen molar-refractivity contribution in [3.8, 4) is 0 Å². The lowest BCUT2D eigenvalue weighted by Gasteiger charge is -2.42. The van der Waals surface area contributed by atoms with Crippen LogP contribution in [0.3, 0.4) is 0 Å². The van der Waals surface area contributed by atoms with Gasteiger partial charge < -0.3 is 19.4 Å². The van der Waals surface area contributed by atoms with Gasteiger partial charge in [0, 0.05) is 65.1 Å². The van der Waals surface area contributed by atoms with Gasteiger partial charge in [-0.05, 0) is 30.7 Å². The minimum absolute atomic E-state index is 0.00342. The van der Waals surface area contributed by atoms with Crippen LogP contribution in [-0.4, -0.2) is 98.0 Å². The molecule has 9 nitrogen and oxygen atoms in total. The molecule has 37 heavy (non-hydrogen) atoms. The van der Waals surface area contributed by atoms with Crippen molar-refractivity contribution < 1.29 is 19.1 Å². The molecule has 3 aliphatic rings. The Labute approximate surface area is 217 Å². The lowest BCUT2D eigenvalue weighted by molar-refractivity contribution is -0.141. The van der Waals surface area contributed by atoms with E-state index in [1.165, 1.54) is 0 Å². The molecule has 2 aromatic carbocycles. The zero-order chi connectivity index (χ0) is 25.8. The van der Waals surface area contributed by atoms with Gasteiger partial charge in [-0.3, -0.25) is 14.4 Å². The number of carbonyl (C=O) groups excluding carboxylic acids is 3. The monoisotopic (exact) mass is 505 g/mol. The van der Waals surface area contributed by atoms with Gasteiger partial charge in [0.15, 0.2) is 0 Å². The normalized spacial score (nSPS) is 24.3. The van der Waals surface area contributed by atoms with Crippen molar-refractivity contribution in [2.45, 2.75) is 12.5 Å². The number of fused-ring (bicyclic) bond motifs is 1. The fourth-order valence-corrected chi connectivity index (χ4v) is 5.68. The van der Waals surface area contributed by atoms with Crippen molar-refractivity contribution >= 4 is 23.4 Å². The Bertz CT molecular complexity index is 1090. The number of hydrogen-bond acceptors (Lipinski definition) is 6. The molecule has 5 rings (SSSR count). The van der Waals surface area contributed by atoms with E-state index in [0.29, 0.717) is 51.4 Å². The van der Waals surface area contributed by atoms with Crippen LogP contribution in [0.2, 0.25) is 0 Å². The number of carbonyl (C=O) groups is 3. The summed E-state index contributed by atoms with van der Waals surface area (Å²) < 4.78 is 5.22. The van der Waals surface area contributed by atoms with Crippen molar-refractivity contribution in [3.05, 3.63) is 66.2 Å². The number of likely N-dealkylation sites (tertiary alicyclic amines) is 1. The predicted octanol–water partition coefficient (Wildman–Crippen LogP) is 1.48. The van der Waals surface area contributed by atoms with Crippen LogP contribution in [0.1, 0.15) is 16.8 Å². The molecule has 3 amide bonds. The van der Waals surface area contributed by atoms with Crippen molar-refractivity contribution in [2.75, 3.05) is 64.5 Å². The van der Waals surface area contributed by atoms with E-state index in [2.05, 4.69) is 10.3 Å². The third kappa shape index (κ3) is 5.39. The lowest BCUT2D eigenvalue weighted by atomic mass is 9.83. The molecule has 1 N–H and O–H groups in total. The standard InChI is InChI=1S/C28H35N5O4/c1-37-18-8-13-30-19-23(25-24(20-30)28(36)33(29-25)22-11-6-3-7-12-22)27(35)32-16-14-31(15-17-32)26(34)21-9-4-2-5-10-21/h2-7,9-12,23-25,29H,8,13-20H2,1H3. The molecule has 0 spiro atoms. The molecule has 3 unspecified atom stereocenters. The molecule has 3 saturated heterocycles. The number of hydrazine groups is 1. The van der Waals surface area contributed by atoms with E-state index < -0.39 is 0 Å². The van der Waals surface area contributed by atoms with Crippen molar-refractivity contribution in [3.63, 3.8) is 0 Å². The Hall–Kier alpha value is -3.27. The van der Waals surface area contributed by atoms with Gasteiger partial charge in [-0.25, -0.2) is 10.4 Å². The maximum atomic E-state index is 13.9. The molecule has 0 bridgehead atoms. The van der Waals surface area contributed by atoms with Crippen molar-refractivity contribution in [1.82, 2.24) is 20.1 Å². The molecule has 0 aromatic heterocycles. The molecule has 3 aliphatic heterocycles. The maximum absolute atomic E-state index is 13.9. The van der Waals surface area contributed by atoms with Crippen LogP contribution >= 0.6 is 0 Å².